The van der Waals surface area contributed by atoms with Gasteiger partial charge in [0.15, 0.2) is 12.2 Å². The molecule has 0 aromatic heterocycles. The minimum absolute atomic E-state index is 0.102. The van der Waals surface area contributed by atoms with Crippen molar-refractivity contribution >= 4 is 39.5 Å². The molecule has 0 aromatic carbocycles. The molecule has 0 amide bonds. The van der Waals surface area contributed by atoms with Crippen molar-refractivity contribution in [1.29, 1.82) is 0 Å². The molecule has 4 unspecified atom stereocenters. The number of ether oxygens (including phenoxy) is 4. The van der Waals surface area contributed by atoms with Crippen molar-refractivity contribution < 1.29 is 80.2 Å². The van der Waals surface area contributed by atoms with Crippen LogP contribution in [0.3, 0.4) is 0 Å². The van der Waals surface area contributed by atoms with Crippen molar-refractivity contribution in [2.24, 2.45) is 11.8 Å². The predicted octanol–water partition coefficient (Wildman–Crippen LogP) is 19.6. The lowest BCUT2D eigenvalue weighted by molar-refractivity contribution is -0.161. The topological polar surface area (TPSA) is 237 Å². The van der Waals surface area contributed by atoms with Gasteiger partial charge in [-0.2, -0.15) is 0 Å². The average molecular weight is 1300 g/mol. The summed E-state index contributed by atoms with van der Waals surface area (Å²) in [4.78, 5) is 72.2. The molecule has 0 radical (unpaired) electrons. The summed E-state index contributed by atoms with van der Waals surface area (Å²) in [6.45, 7) is 9.39. The minimum atomic E-state index is -4.95. The van der Waals surface area contributed by atoms with E-state index in [-0.39, 0.29) is 25.7 Å². The summed E-state index contributed by atoms with van der Waals surface area (Å²) in [6.07, 6.45) is 46.4. The fourth-order valence-corrected chi connectivity index (χ4v) is 11.9. The second kappa shape index (κ2) is 61.3. The maximum absolute atomic E-state index is 13.0. The summed E-state index contributed by atoms with van der Waals surface area (Å²) < 4.78 is 68.0. The van der Waals surface area contributed by atoms with Crippen molar-refractivity contribution in [3.05, 3.63) is 0 Å². The standard InChI is InChI=1S/C69H134O17P2/c1-7-11-13-15-16-17-18-19-20-21-22-23-24-25-26-27-28-29-34-41-47-53-68(73)85-65(58-80-67(72)52-46-40-33-31-30-32-38-43-49-61(5)9-3)60-84-88(77,78)82-56-63(70)55-81-87(75,76)83-59-64(57-79-66(71)51-45-37-14-12-8-2)86-69(74)54-48-42-36-35-39-44-50-62(6)10-4/h61-65,70H,7-60H2,1-6H3,(H,75,76)(H,77,78)/t61?,62?,63-,64+,65+/m0/s1. The third-order valence-corrected chi connectivity index (χ3v) is 18.6. The highest BCUT2D eigenvalue weighted by molar-refractivity contribution is 7.47. The van der Waals surface area contributed by atoms with Crippen LogP contribution < -0.4 is 0 Å². The number of carbonyl (C=O) groups excluding carboxylic acids is 4. The van der Waals surface area contributed by atoms with Gasteiger partial charge in [0, 0.05) is 25.7 Å². The molecule has 0 fully saturated rings. The first-order chi connectivity index (χ1) is 42.4. The van der Waals surface area contributed by atoms with Crippen LogP contribution in [0, 0.1) is 11.8 Å². The lowest BCUT2D eigenvalue weighted by Gasteiger charge is -2.21. The minimum Gasteiger partial charge on any atom is -0.462 e. The Hall–Kier alpha value is -1.94. The average Bonchev–Trinajstić information content (AvgIpc) is 3.56. The molecule has 7 atom stereocenters. The van der Waals surface area contributed by atoms with Crippen LogP contribution in [0.15, 0.2) is 0 Å². The number of carbonyl (C=O) groups is 4. The third-order valence-electron chi connectivity index (χ3n) is 16.7. The Morgan fingerprint density at radius 2 is 0.545 bits per heavy atom. The van der Waals surface area contributed by atoms with Crippen LogP contribution in [0.5, 0.6) is 0 Å². The molecule has 0 aromatic rings. The Kier molecular flexibility index (Phi) is 59.9. The first-order valence-electron chi connectivity index (χ1n) is 36.1. The van der Waals surface area contributed by atoms with Crippen LogP contribution in [0.25, 0.3) is 0 Å². The molecule has 0 saturated carbocycles. The Bertz CT molecular complexity index is 1720. The van der Waals surface area contributed by atoms with Crippen LogP contribution in [0.1, 0.15) is 350 Å². The zero-order valence-electron chi connectivity index (χ0n) is 57.0. The van der Waals surface area contributed by atoms with E-state index in [9.17, 15) is 43.2 Å². The van der Waals surface area contributed by atoms with Crippen molar-refractivity contribution in [2.75, 3.05) is 39.6 Å². The Labute approximate surface area is 537 Å². The first-order valence-corrected chi connectivity index (χ1v) is 39.1. The van der Waals surface area contributed by atoms with Gasteiger partial charge in [-0.1, -0.05) is 298 Å². The summed E-state index contributed by atoms with van der Waals surface area (Å²) in [5.41, 5.74) is 0. The molecule has 0 aliphatic rings. The largest absolute Gasteiger partial charge is 0.472 e. The number of rotatable bonds is 68. The van der Waals surface area contributed by atoms with E-state index in [0.29, 0.717) is 25.7 Å². The van der Waals surface area contributed by atoms with Crippen LogP contribution >= 0.6 is 15.6 Å². The predicted molar refractivity (Wildman–Crippen MR) is 354 cm³/mol. The molecule has 522 valence electrons. The van der Waals surface area contributed by atoms with Gasteiger partial charge in [-0.25, -0.2) is 9.13 Å². The summed E-state index contributed by atoms with van der Waals surface area (Å²) in [6, 6.07) is 0. The summed E-state index contributed by atoms with van der Waals surface area (Å²) in [5, 5.41) is 10.5. The molecule has 0 spiro atoms. The van der Waals surface area contributed by atoms with E-state index in [4.69, 9.17) is 37.0 Å². The van der Waals surface area contributed by atoms with Gasteiger partial charge in [0.25, 0.3) is 0 Å². The van der Waals surface area contributed by atoms with Crippen molar-refractivity contribution in [2.45, 2.75) is 368 Å². The lowest BCUT2D eigenvalue weighted by atomic mass is 9.99. The fourth-order valence-electron chi connectivity index (χ4n) is 10.4. The summed E-state index contributed by atoms with van der Waals surface area (Å²) in [5.74, 6) is -0.644. The number of phosphoric ester groups is 2. The Morgan fingerprint density at radius 1 is 0.318 bits per heavy atom. The smallest absolute Gasteiger partial charge is 0.462 e. The number of hydrogen-bond acceptors (Lipinski definition) is 15. The summed E-state index contributed by atoms with van der Waals surface area (Å²) >= 11 is 0. The number of unbranched alkanes of at least 4 members (excludes halogenated alkanes) is 36. The molecule has 17 nitrogen and oxygen atoms in total. The van der Waals surface area contributed by atoms with Gasteiger partial charge in [0.05, 0.1) is 26.4 Å². The first kappa shape index (κ1) is 86.1. The van der Waals surface area contributed by atoms with E-state index < -0.39 is 97.5 Å². The van der Waals surface area contributed by atoms with Gasteiger partial charge >= 0.3 is 39.5 Å². The van der Waals surface area contributed by atoms with Gasteiger partial charge in [-0.3, -0.25) is 37.3 Å². The molecule has 0 heterocycles. The zero-order valence-corrected chi connectivity index (χ0v) is 58.8. The molecule has 0 aliphatic carbocycles. The number of hydrogen-bond donors (Lipinski definition) is 3. The molecule has 3 N–H and O–H groups in total. The highest BCUT2D eigenvalue weighted by Gasteiger charge is 2.30. The molecule has 0 aliphatic heterocycles. The van der Waals surface area contributed by atoms with E-state index >= 15 is 0 Å². The molecule has 0 bridgehead atoms. The fraction of sp³-hybridized carbons (Fsp3) is 0.942. The number of aliphatic hydroxyl groups is 1. The van der Waals surface area contributed by atoms with E-state index in [1.54, 1.807) is 0 Å². The molecule has 0 rings (SSSR count). The van der Waals surface area contributed by atoms with Gasteiger partial charge in [-0.15, -0.1) is 0 Å². The van der Waals surface area contributed by atoms with E-state index in [1.807, 2.05) is 0 Å². The second-order valence-corrected chi connectivity index (χ2v) is 28.3. The normalized spacial score (nSPS) is 14.8. The highest BCUT2D eigenvalue weighted by Crippen LogP contribution is 2.45. The van der Waals surface area contributed by atoms with Crippen molar-refractivity contribution in [1.82, 2.24) is 0 Å². The number of phosphoric acid groups is 2. The Balaban J connectivity index is 5.11. The van der Waals surface area contributed by atoms with Crippen LogP contribution in [-0.4, -0.2) is 96.7 Å². The van der Waals surface area contributed by atoms with Gasteiger partial charge in [0.2, 0.25) is 0 Å². The third kappa shape index (κ3) is 60.3. The van der Waals surface area contributed by atoms with Crippen LogP contribution in [0.4, 0.5) is 0 Å². The van der Waals surface area contributed by atoms with E-state index in [0.717, 1.165) is 108 Å². The van der Waals surface area contributed by atoms with Gasteiger partial charge < -0.3 is 33.8 Å². The monoisotopic (exact) mass is 1300 g/mol. The summed E-state index contributed by atoms with van der Waals surface area (Å²) in [7, 11) is -9.89. The number of esters is 4. The SMILES string of the molecule is CCCCCCCCCCCCCCCCCCCCCCCC(=O)O[C@H](COC(=O)CCCCCCCCCCC(C)CC)COP(=O)(O)OC[C@@H](O)COP(=O)(O)OC[C@@H](COC(=O)CCCCCCC)OC(=O)CCCCCCCCC(C)CC. The van der Waals surface area contributed by atoms with Crippen LogP contribution in [0.2, 0.25) is 0 Å². The van der Waals surface area contributed by atoms with E-state index in [2.05, 4.69) is 41.5 Å². The molecule has 19 heteroatoms. The highest BCUT2D eigenvalue weighted by atomic mass is 31.2. The zero-order chi connectivity index (χ0) is 65.0. The molecular formula is C69H134O17P2. The maximum atomic E-state index is 13.0. The quantitative estimate of drug-likeness (QED) is 0.0222. The number of aliphatic hydroxyl groups excluding tert-OH is 1. The van der Waals surface area contributed by atoms with Gasteiger partial charge in [0.1, 0.15) is 19.3 Å². The molecule has 88 heavy (non-hydrogen) atoms. The van der Waals surface area contributed by atoms with Gasteiger partial charge in [-0.05, 0) is 37.5 Å². The van der Waals surface area contributed by atoms with E-state index in [1.165, 1.54) is 161 Å². The van der Waals surface area contributed by atoms with Crippen molar-refractivity contribution in [3.63, 3.8) is 0 Å². The Morgan fingerprint density at radius 3 is 0.807 bits per heavy atom. The van der Waals surface area contributed by atoms with Crippen LogP contribution in [-0.2, 0) is 65.4 Å². The molecular weight excluding hydrogens is 1160 g/mol. The maximum Gasteiger partial charge on any atom is 0.472 e. The molecule has 0 saturated heterocycles. The lowest BCUT2D eigenvalue weighted by Crippen LogP contribution is -2.30. The second-order valence-electron chi connectivity index (χ2n) is 25.4. The van der Waals surface area contributed by atoms with Crippen molar-refractivity contribution in [3.8, 4) is 0 Å².